The first-order valence-corrected chi connectivity index (χ1v) is 7.70. The van der Waals surface area contributed by atoms with E-state index in [0.717, 1.165) is 16.7 Å². The number of imide groups is 1. The van der Waals surface area contributed by atoms with Crippen molar-refractivity contribution in [2.45, 2.75) is 6.42 Å². The maximum Gasteiger partial charge on any atom is 0.265 e. The van der Waals surface area contributed by atoms with Gasteiger partial charge >= 0.3 is 0 Å². The third-order valence-corrected chi connectivity index (χ3v) is 4.16. The fourth-order valence-corrected chi connectivity index (χ4v) is 3.08. The number of hydrogen-bond donors (Lipinski definition) is 0. The third kappa shape index (κ3) is 2.29. The van der Waals surface area contributed by atoms with Crippen LogP contribution >= 0.6 is 0 Å². The summed E-state index contributed by atoms with van der Waals surface area (Å²) < 4.78 is 0. The zero-order valence-corrected chi connectivity index (χ0v) is 12.8. The maximum absolute atomic E-state index is 13.1. The van der Waals surface area contributed by atoms with Crippen molar-refractivity contribution in [1.82, 2.24) is 4.98 Å². The number of pyridine rings is 1. The van der Waals surface area contributed by atoms with E-state index >= 15 is 0 Å². The van der Waals surface area contributed by atoms with Crippen LogP contribution < -0.4 is 4.90 Å². The number of para-hydroxylation sites is 1. The van der Waals surface area contributed by atoms with E-state index in [0.29, 0.717) is 11.3 Å². The van der Waals surface area contributed by atoms with E-state index in [9.17, 15) is 9.59 Å². The summed E-state index contributed by atoms with van der Waals surface area (Å²) in [6.07, 6.45) is 3.61. The number of amides is 2. The molecule has 0 spiro atoms. The number of benzene rings is 2. The summed E-state index contributed by atoms with van der Waals surface area (Å²) in [5, 5.41) is 0. The van der Waals surface area contributed by atoms with E-state index in [2.05, 4.69) is 4.98 Å². The van der Waals surface area contributed by atoms with Crippen LogP contribution in [-0.2, 0) is 11.2 Å². The number of rotatable bonds is 2. The van der Waals surface area contributed by atoms with Gasteiger partial charge in [0.05, 0.1) is 17.7 Å². The summed E-state index contributed by atoms with van der Waals surface area (Å²) in [6.45, 7) is 0. The first-order valence-electron chi connectivity index (χ1n) is 7.70. The Hall–Kier alpha value is -3.27. The van der Waals surface area contributed by atoms with E-state index in [-0.39, 0.29) is 18.2 Å². The van der Waals surface area contributed by atoms with Gasteiger partial charge < -0.3 is 0 Å². The van der Waals surface area contributed by atoms with Crippen LogP contribution in [0, 0.1) is 0 Å². The molecule has 4 rings (SSSR count). The molecule has 0 unspecified atom stereocenters. The van der Waals surface area contributed by atoms with Crippen molar-refractivity contribution in [2.75, 3.05) is 4.90 Å². The van der Waals surface area contributed by atoms with Crippen LogP contribution in [0.5, 0.6) is 0 Å². The molecular formula is C20H14N2O2. The fourth-order valence-electron chi connectivity index (χ4n) is 3.08. The summed E-state index contributed by atoms with van der Waals surface area (Å²) in [6, 6.07) is 18.4. The van der Waals surface area contributed by atoms with E-state index < -0.39 is 0 Å². The van der Waals surface area contributed by atoms with Crippen LogP contribution in [0.3, 0.4) is 0 Å². The second kappa shape index (κ2) is 5.74. The number of anilines is 1. The molecule has 116 valence electrons. The van der Waals surface area contributed by atoms with Gasteiger partial charge in [0.2, 0.25) is 5.91 Å². The van der Waals surface area contributed by atoms with E-state index in [1.807, 2.05) is 48.5 Å². The highest BCUT2D eigenvalue weighted by Crippen LogP contribution is 2.32. The lowest BCUT2D eigenvalue weighted by Crippen LogP contribution is -2.42. The van der Waals surface area contributed by atoms with Crippen molar-refractivity contribution < 1.29 is 9.59 Å². The molecule has 0 bridgehead atoms. The molecule has 0 saturated carbocycles. The molecule has 0 fully saturated rings. The molecular weight excluding hydrogens is 300 g/mol. The van der Waals surface area contributed by atoms with Crippen LogP contribution in [0.4, 0.5) is 5.69 Å². The van der Waals surface area contributed by atoms with Gasteiger partial charge in [-0.15, -0.1) is 0 Å². The first-order chi connectivity index (χ1) is 11.8. The van der Waals surface area contributed by atoms with Crippen LogP contribution in [0.2, 0.25) is 0 Å². The SMILES string of the molecule is O=C1Cc2cccc(-c3ccncc3)c2C(=O)N1c1ccccc1. The van der Waals surface area contributed by atoms with Crippen molar-refractivity contribution in [3.63, 3.8) is 0 Å². The van der Waals surface area contributed by atoms with Gasteiger partial charge in [-0.1, -0.05) is 36.4 Å². The molecule has 0 atom stereocenters. The summed E-state index contributed by atoms with van der Waals surface area (Å²) in [7, 11) is 0. The highest BCUT2D eigenvalue weighted by Gasteiger charge is 2.33. The molecule has 0 aliphatic carbocycles. The predicted octanol–water partition coefficient (Wildman–Crippen LogP) is 3.48. The number of fused-ring (bicyclic) bond motifs is 1. The molecule has 24 heavy (non-hydrogen) atoms. The summed E-state index contributed by atoms with van der Waals surface area (Å²) in [5.41, 5.74) is 3.70. The predicted molar refractivity (Wildman–Crippen MR) is 91.6 cm³/mol. The van der Waals surface area contributed by atoms with Gasteiger partial charge in [0, 0.05) is 12.4 Å². The molecule has 0 radical (unpaired) electrons. The number of carbonyl (C=O) groups is 2. The Morgan fingerprint density at radius 2 is 1.58 bits per heavy atom. The van der Waals surface area contributed by atoms with E-state index in [1.165, 1.54) is 4.90 Å². The lowest BCUT2D eigenvalue weighted by atomic mass is 9.90. The average molecular weight is 314 g/mol. The molecule has 2 heterocycles. The Labute approximate surface area is 139 Å². The smallest absolute Gasteiger partial charge is 0.265 e. The molecule has 0 saturated heterocycles. The second-order valence-corrected chi connectivity index (χ2v) is 5.62. The molecule has 1 aliphatic heterocycles. The summed E-state index contributed by atoms with van der Waals surface area (Å²) >= 11 is 0. The molecule has 3 aromatic rings. The third-order valence-electron chi connectivity index (χ3n) is 4.16. The lowest BCUT2D eigenvalue weighted by Gasteiger charge is -2.28. The minimum absolute atomic E-state index is 0.203. The zero-order chi connectivity index (χ0) is 16.5. The van der Waals surface area contributed by atoms with E-state index in [1.54, 1.807) is 24.5 Å². The minimum atomic E-state index is -0.278. The van der Waals surface area contributed by atoms with Crippen LogP contribution in [0.15, 0.2) is 73.1 Å². The van der Waals surface area contributed by atoms with Crippen LogP contribution in [-0.4, -0.2) is 16.8 Å². The van der Waals surface area contributed by atoms with Crippen molar-refractivity contribution in [3.05, 3.63) is 84.2 Å². The van der Waals surface area contributed by atoms with Gasteiger partial charge in [0.15, 0.2) is 0 Å². The van der Waals surface area contributed by atoms with Crippen molar-refractivity contribution >= 4 is 17.5 Å². The minimum Gasteiger partial charge on any atom is -0.274 e. The average Bonchev–Trinajstić information content (AvgIpc) is 2.63. The van der Waals surface area contributed by atoms with Crippen molar-refractivity contribution in [1.29, 1.82) is 0 Å². The maximum atomic E-state index is 13.1. The van der Waals surface area contributed by atoms with Gasteiger partial charge in [-0.3, -0.25) is 14.6 Å². The largest absolute Gasteiger partial charge is 0.274 e. The highest BCUT2D eigenvalue weighted by molar-refractivity contribution is 6.26. The zero-order valence-electron chi connectivity index (χ0n) is 12.8. The quantitative estimate of drug-likeness (QED) is 0.681. The Bertz CT molecular complexity index is 921. The highest BCUT2D eigenvalue weighted by atomic mass is 16.2. The Morgan fingerprint density at radius 1 is 0.833 bits per heavy atom. The number of hydrogen-bond acceptors (Lipinski definition) is 3. The van der Waals surface area contributed by atoms with Gasteiger partial charge in [-0.25, -0.2) is 4.90 Å². The molecule has 1 aliphatic rings. The molecule has 4 heteroatoms. The van der Waals surface area contributed by atoms with Crippen molar-refractivity contribution in [3.8, 4) is 11.1 Å². The normalized spacial score (nSPS) is 13.8. The number of aromatic nitrogens is 1. The molecule has 0 N–H and O–H groups in total. The lowest BCUT2D eigenvalue weighted by molar-refractivity contribution is -0.117. The fraction of sp³-hybridized carbons (Fsp3) is 0.0500. The van der Waals surface area contributed by atoms with Gasteiger partial charge in [0.25, 0.3) is 5.91 Å². The van der Waals surface area contributed by atoms with Crippen molar-refractivity contribution in [2.24, 2.45) is 0 Å². The molecule has 2 aromatic carbocycles. The van der Waals surface area contributed by atoms with Gasteiger partial charge in [0.1, 0.15) is 0 Å². The Morgan fingerprint density at radius 3 is 2.33 bits per heavy atom. The molecule has 2 amide bonds. The monoisotopic (exact) mass is 314 g/mol. The second-order valence-electron chi connectivity index (χ2n) is 5.62. The molecule has 4 nitrogen and oxygen atoms in total. The Kier molecular flexibility index (Phi) is 3.43. The summed E-state index contributed by atoms with van der Waals surface area (Å²) in [5.74, 6) is -0.481. The Balaban J connectivity index is 1.88. The number of nitrogens with zero attached hydrogens (tertiary/aromatic N) is 2. The van der Waals surface area contributed by atoms with E-state index in [4.69, 9.17) is 0 Å². The molecule has 1 aromatic heterocycles. The topological polar surface area (TPSA) is 50.3 Å². The standard InChI is InChI=1S/C20H14N2O2/c23-18-13-15-5-4-8-17(14-9-11-21-12-10-14)19(15)20(24)22(18)16-6-2-1-3-7-16/h1-12H,13H2. The number of carbonyl (C=O) groups excluding carboxylic acids is 2. The van der Waals surface area contributed by atoms with Gasteiger partial charge in [-0.05, 0) is 41.0 Å². The first kappa shape index (κ1) is 14.3. The van der Waals surface area contributed by atoms with Gasteiger partial charge in [-0.2, -0.15) is 0 Å². The van der Waals surface area contributed by atoms with Crippen LogP contribution in [0.1, 0.15) is 15.9 Å². The van der Waals surface area contributed by atoms with Crippen LogP contribution in [0.25, 0.3) is 11.1 Å². The summed E-state index contributed by atoms with van der Waals surface area (Å²) in [4.78, 5) is 30.9.